The van der Waals surface area contributed by atoms with Crippen molar-refractivity contribution in [1.29, 1.82) is 0 Å². The first-order chi connectivity index (χ1) is 7.72. The standard InChI is InChI=1S/C13H20N2O/c14-8-12(15)11-7-10(5-6-13(11)16)9-3-1-2-4-9/h5-7,9,12,16H,1-4,8,14-15H2/t12-/m1/s1. The van der Waals surface area contributed by atoms with Gasteiger partial charge in [0.25, 0.3) is 0 Å². The summed E-state index contributed by atoms with van der Waals surface area (Å²) >= 11 is 0. The number of phenolic OH excluding ortho intramolecular Hbond substituents is 1. The first-order valence-electron chi connectivity index (χ1n) is 6.01. The average molecular weight is 220 g/mol. The maximum atomic E-state index is 9.74. The highest BCUT2D eigenvalue weighted by atomic mass is 16.3. The Morgan fingerprint density at radius 2 is 2.00 bits per heavy atom. The van der Waals surface area contributed by atoms with Gasteiger partial charge in [-0.15, -0.1) is 0 Å². The average Bonchev–Trinajstić information content (AvgIpc) is 2.82. The molecule has 1 saturated carbocycles. The zero-order valence-electron chi connectivity index (χ0n) is 9.52. The molecule has 0 unspecified atom stereocenters. The number of rotatable bonds is 3. The summed E-state index contributed by atoms with van der Waals surface area (Å²) in [6.45, 7) is 0.363. The molecule has 3 nitrogen and oxygen atoms in total. The fourth-order valence-corrected chi connectivity index (χ4v) is 2.51. The second-order valence-electron chi connectivity index (χ2n) is 4.64. The molecule has 0 bridgehead atoms. The Labute approximate surface area is 96.5 Å². The van der Waals surface area contributed by atoms with E-state index in [1.165, 1.54) is 31.2 Å². The molecule has 0 radical (unpaired) electrons. The van der Waals surface area contributed by atoms with E-state index in [1.54, 1.807) is 6.07 Å². The Kier molecular flexibility index (Phi) is 3.46. The monoisotopic (exact) mass is 220 g/mol. The molecule has 0 aromatic heterocycles. The number of phenols is 1. The van der Waals surface area contributed by atoms with Crippen molar-refractivity contribution < 1.29 is 5.11 Å². The highest BCUT2D eigenvalue weighted by molar-refractivity contribution is 5.40. The van der Waals surface area contributed by atoms with Crippen molar-refractivity contribution in [2.24, 2.45) is 11.5 Å². The van der Waals surface area contributed by atoms with E-state index >= 15 is 0 Å². The van der Waals surface area contributed by atoms with Crippen LogP contribution >= 0.6 is 0 Å². The van der Waals surface area contributed by atoms with E-state index in [0.29, 0.717) is 12.5 Å². The SMILES string of the molecule is NC[C@@H](N)c1cc(C2CCCC2)ccc1O. The number of hydrogen-bond acceptors (Lipinski definition) is 3. The van der Waals surface area contributed by atoms with Gasteiger partial charge in [-0.3, -0.25) is 0 Å². The molecule has 0 aliphatic heterocycles. The third-order valence-corrected chi connectivity index (χ3v) is 3.53. The molecular formula is C13H20N2O. The molecule has 1 aliphatic carbocycles. The van der Waals surface area contributed by atoms with Crippen molar-refractivity contribution >= 4 is 0 Å². The van der Waals surface area contributed by atoms with Crippen LogP contribution in [0.25, 0.3) is 0 Å². The van der Waals surface area contributed by atoms with Gasteiger partial charge in [-0.05, 0) is 30.4 Å². The maximum absolute atomic E-state index is 9.74. The van der Waals surface area contributed by atoms with Crippen molar-refractivity contribution in [3.63, 3.8) is 0 Å². The van der Waals surface area contributed by atoms with Crippen molar-refractivity contribution in [2.75, 3.05) is 6.54 Å². The van der Waals surface area contributed by atoms with Crippen LogP contribution in [0.4, 0.5) is 0 Å². The van der Waals surface area contributed by atoms with Gasteiger partial charge in [0.2, 0.25) is 0 Å². The van der Waals surface area contributed by atoms with Gasteiger partial charge >= 0.3 is 0 Å². The summed E-state index contributed by atoms with van der Waals surface area (Å²) in [5.41, 5.74) is 13.5. The third-order valence-electron chi connectivity index (χ3n) is 3.53. The van der Waals surface area contributed by atoms with E-state index in [4.69, 9.17) is 11.5 Å². The maximum Gasteiger partial charge on any atom is 0.120 e. The van der Waals surface area contributed by atoms with Gasteiger partial charge < -0.3 is 16.6 Å². The molecule has 1 aromatic carbocycles. The van der Waals surface area contributed by atoms with E-state index in [2.05, 4.69) is 0 Å². The number of hydrogen-bond donors (Lipinski definition) is 3. The molecule has 0 spiro atoms. The highest BCUT2D eigenvalue weighted by Gasteiger charge is 2.19. The number of benzene rings is 1. The minimum atomic E-state index is -0.263. The zero-order chi connectivity index (χ0) is 11.5. The van der Waals surface area contributed by atoms with Gasteiger partial charge in [0.1, 0.15) is 5.75 Å². The Hall–Kier alpha value is -1.06. The molecule has 3 heteroatoms. The lowest BCUT2D eigenvalue weighted by atomic mass is 9.93. The topological polar surface area (TPSA) is 72.3 Å². The van der Waals surface area contributed by atoms with Gasteiger partial charge in [-0.1, -0.05) is 25.0 Å². The first-order valence-corrected chi connectivity index (χ1v) is 6.01. The summed E-state index contributed by atoms with van der Waals surface area (Å²) in [4.78, 5) is 0. The molecule has 0 heterocycles. The number of aromatic hydroxyl groups is 1. The molecule has 1 atom stereocenters. The van der Waals surface area contributed by atoms with E-state index in [1.807, 2.05) is 12.1 Å². The zero-order valence-corrected chi connectivity index (χ0v) is 9.52. The molecular weight excluding hydrogens is 200 g/mol. The van der Waals surface area contributed by atoms with Gasteiger partial charge in [-0.2, -0.15) is 0 Å². The Bertz CT molecular complexity index is 359. The van der Waals surface area contributed by atoms with Gasteiger partial charge in [0.05, 0.1) is 0 Å². The lowest BCUT2D eigenvalue weighted by molar-refractivity contribution is 0.461. The van der Waals surface area contributed by atoms with Crippen LogP contribution in [0.15, 0.2) is 18.2 Å². The van der Waals surface area contributed by atoms with Crippen molar-refractivity contribution in [1.82, 2.24) is 0 Å². The molecule has 0 saturated heterocycles. The first kappa shape index (κ1) is 11.4. The van der Waals surface area contributed by atoms with Crippen LogP contribution in [-0.4, -0.2) is 11.7 Å². The van der Waals surface area contributed by atoms with Crippen LogP contribution in [0.2, 0.25) is 0 Å². The van der Waals surface area contributed by atoms with Crippen molar-refractivity contribution in [2.45, 2.75) is 37.6 Å². The van der Waals surface area contributed by atoms with E-state index in [-0.39, 0.29) is 11.8 Å². The van der Waals surface area contributed by atoms with Gasteiger partial charge in [-0.25, -0.2) is 0 Å². The fraction of sp³-hybridized carbons (Fsp3) is 0.538. The summed E-state index contributed by atoms with van der Waals surface area (Å²) in [6.07, 6.45) is 5.12. The minimum absolute atomic E-state index is 0.263. The largest absolute Gasteiger partial charge is 0.508 e. The van der Waals surface area contributed by atoms with E-state index < -0.39 is 0 Å². The molecule has 88 valence electrons. The summed E-state index contributed by atoms with van der Waals surface area (Å²) in [7, 11) is 0. The summed E-state index contributed by atoms with van der Waals surface area (Å²) in [6, 6.07) is 5.53. The second-order valence-corrected chi connectivity index (χ2v) is 4.64. The smallest absolute Gasteiger partial charge is 0.120 e. The normalized spacial score (nSPS) is 18.9. The summed E-state index contributed by atoms with van der Waals surface area (Å²) in [5.74, 6) is 0.907. The van der Waals surface area contributed by atoms with Crippen LogP contribution in [-0.2, 0) is 0 Å². The van der Waals surface area contributed by atoms with Crippen LogP contribution < -0.4 is 11.5 Å². The minimum Gasteiger partial charge on any atom is -0.508 e. The third kappa shape index (κ3) is 2.20. The van der Waals surface area contributed by atoms with Crippen LogP contribution in [0, 0.1) is 0 Å². The lowest BCUT2D eigenvalue weighted by Crippen LogP contribution is -2.21. The number of nitrogens with two attached hydrogens (primary N) is 2. The van der Waals surface area contributed by atoms with Crippen molar-refractivity contribution in [3.8, 4) is 5.75 Å². The molecule has 5 N–H and O–H groups in total. The lowest BCUT2D eigenvalue weighted by Gasteiger charge is -2.16. The van der Waals surface area contributed by atoms with Crippen LogP contribution in [0.1, 0.15) is 48.8 Å². The predicted octanol–water partition coefficient (Wildman–Crippen LogP) is 2.01. The molecule has 1 aliphatic rings. The second kappa shape index (κ2) is 4.85. The molecule has 2 rings (SSSR count). The van der Waals surface area contributed by atoms with E-state index in [9.17, 15) is 5.11 Å². The summed E-state index contributed by atoms with van der Waals surface area (Å²) < 4.78 is 0. The molecule has 16 heavy (non-hydrogen) atoms. The molecule has 0 amide bonds. The molecule has 1 aromatic rings. The predicted molar refractivity (Wildman–Crippen MR) is 65.3 cm³/mol. The summed E-state index contributed by atoms with van der Waals surface area (Å²) in [5, 5.41) is 9.74. The van der Waals surface area contributed by atoms with Gasteiger partial charge in [0, 0.05) is 18.2 Å². The fourth-order valence-electron chi connectivity index (χ4n) is 2.51. The van der Waals surface area contributed by atoms with E-state index in [0.717, 1.165) is 5.56 Å². The quantitative estimate of drug-likeness (QED) is 0.729. The Morgan fingerprint density at radius 1 is 1.31 bits per heavy atom. The Balaban J connectivity index is 2.27. The Morgan fingerprint density at radius 3 is 2.62 bits per heavy atom. The molecule has 1 fully saturated rings. The van der Waals surface area contributed by atoms with Gasteiger partial charge in [0.15, 0.2) is 0 Å². The van der Waals surface area contributed by atoms with Crippen LogP contribution in [0.5, 0.6) is 5.75 Å². The van der Waals surface area contributed by atoms with Crippen LogP contribution in [0.3, 0.4) is 0 Å². The highest BCUT2D eigenvalue weighted by Crippen LogP contribution is 2.36. The van der Waals surface area contributed by atoms with Crippen molar-refractivity contribution in [3.05, 3.63) is 29.3 Å².